The van der Waals surface area contributed by atoms with Crippen molar-refractivity contribution in [1.29, 1.82) is 0 Å². The van der Waals surface area contributed by atoms with E-state index in [0.29, 0.717) is 11.1 Å². The van der Waals surface area contributed by atoms with Gasteiger partial charge in [-0.1, -0.05) is 18.2 Å². The molecule has 2 aliphatic rings. The SMILES string of the molecule is COC(=O)[C@H]1SCN2C(=O)c3ccccc3[C@@]12O. The Morgan fingerprint density at radius 2 is 2.28 bits per heavy atom. The van der Waals surface area contributed by atoms with Crippen LogP contribution in [0.15, 0.2) is 24.3 Å². The van der Waals surface area contributed by atoms with E-state index in [2.05, 4.69) is 0 Å². The lowest BCUT2D eigenvalue weighted by Crippen LogP contribution is -2.47. The molecule has 1 N–H and O–H groups in total. The second-order valence-corrected chi connectivity index (χ2v) is 5.27. The van der Waals surface area contributed by atoms with Gasteiger partial charge >= 0.3 is 5.97 Å². The minimum atomic E-state index is -1.58. The third-order valence-corrected chi connectivity index (χ3v) is 4.62. The molecule has 18 heavy (non-hydrogen) atoms. The first-order valence-corrected chi connectivity index (χ1v) is 6.49. The van der Waals surface area contributed by atoms with Gasteiger partial charge in [-0.2, -0.15) is 0 Å². The fourth-order valence-corrected chi connectivity index (χ4v) is 3.81. The summed E-state index contributed by atoms with van der Waals surface area (Å²) in [6, 6.07) is 6.81. The lowest BCUT2D eigenvalue weighted by Gasteiger charge is -2.29. The van der Waals surface area contributed by atoms with E-state index in [4.69, 9.17) is 4.74 Å². The topological polar surface area (TPSA) is 66.8 Å². The number of ether oxygens (including phenoxy) is 1. The predicted octanol–water partition coefficient (Wildman–Crippen LogP) is 0.533. The van der Waals surface area contributed by atoms with Gasteiger partial charge in [-0.3, -0.25) is 14.5 Å². The van der Waals surface area contributed by atoms with Crippen LogP contribution in [0.5, 0.6) is 0 Å². The molecule has 1 aromatic carbocycles. The molecule has 1 aromatic rings. The van der Waals surface area contributed by atoms with Gasteiger partial charge in [0.05, 0.1) is 13.0 Å². The lowest BCUT2D eigenvalue weighted by molar-refractivity contribution is -0.150. The number of rotatable bonds is 1. The summed E-state index contributed by atoms with van der Waals surface area (Å²) in [6.45, 7) is 0. The summed E-state index contributed by atoms with van der Waals surface area (Å²) < 4.78 is 4.70. The molecule has 2 atom stereocenters. The Morgan fingerprint density at radius 3 is 3.00 bits per heavy atom. The molecule has 0 aliphatic carbocycles. The lowest BCUT2D eigenvalue weighted by atomic mass is 9.98. The Hall–Kier alpha value is -1.53. The molecule has 0 unspecified atom stereocenters. The number of fused-ring (bicyclic) bond motifs is 3. The number of benzene rings is 1. The van der Waals surface area contributed by atoms with E-state index in [9.17, 15) is 14.7 Å². The largest absolute Gasteiger partial charge is 0.468 e. The first-order valence-electron chi connectivity index (χ1n) is 5.44. The highest BCUT2D eigenvalue weighted by Gasteiger charge is 2.60. The average molecular weight is 265 g/mol. The number of esters is 1. The Balaban J connectivity index is 2.16. The normalized spacial score (nSPS) is 29.1. The van der Waals surface area contributed by atoms with Crippen LogP contribution in [0.2, 0.25) is 0 Å². The van der Waals surface area contributed by atoms with Crippen LogP contribution in [0, 0.1) is 0 Å². The van der Waals surface area contributed by atoms with Crippen LogP contribution < -0.4 is 0 Å². The molecule has 0 spiro atoms. The molecule has 1 fully saturated rings. The van der Waals surface area contributed by atoms with E-state index >= 15 is 0 Å². The Morgan fingerprint density at radius 1 is 1.56 bits per heavy atom. The fourth-order valence-electron chi connectivity index (χ4n) is 2.48. The maximum Gasteiger partial charge on any atom is 0.324 e. The van der Waals surface area contributed by atoms with Crippen LogP contribution in [-0.2, 0) is 15.3 Å². The molecule has 1 saturated heterocycles. The predicted molar refractivity (Wildman–Crippen MR) is 64.8 cm³/mol. The number of hydrogen-bond donors (Lipinski definition) is 1. The van der Waals surface area contributed by atoms with Gasteiger partial charge in [0.25, 0.3) is 5.91 Å². The average Bonchev–Trinajstić information content (AvgIpc) is 2.84. The number of carbonyl (C=O) groups is 2. The highest BCUT2D eigenvalue weighted by Crippen LogP contribution is 2.49. The van der Waals surface area contributed by atoms with Crippen molar-refractivity contribution in [3.63, 3.8) is 0 Å². The third kappa shape index (κ3) is 1.22. The summed E-state index contributed by atoms with van der Waals surface area (Å²) in [7, 11) is 1.28. The maximum atomic E-state index is 12.1. The summed E-state index contributed by atoms with van der Waals surface area (Å²) in [5.41, 5.74) is -0.643. The van der Waals surface area contributed by atoms with Crippen LogP contribution in [0.1, 0.15) is 15.9 Å². The van der Waals surface area contributed by atoms with Gasteiger partial charge < -0.3 is 9.84 Å². The zero-order valence-electron chi connectivity index (χ0n) is 9.62. The maximum absolute atomic E-state index is 12.1. The minimum Gasteiger partial charge on any atom is -0.468 e. The van der Waals surface area contributed by atoms with Crippen LogP contribution in [0.3, 0.4) is 0 Å². The number of hydrogen-bond acceptors (Lipinski definition) is 5. The van der Waals surface area contributed by atoms with Crippen molar-refractivity contribution < 1.29 is 19.4 Å². The summed E-state index contributed by atoms with van der Waals surface area (Å²) >= 11 is 1.21. The van der Waals surface area contributed by atoms with E-state index in [1.807, 2.05) is 0 Å². The van der Waals surface area contributed by atoms with Crippen LogP contribution in [0.4, 0.5) is 0 Å². The van der Waals surface area contributed by atoms with Crippen molar-refractivity contribution in [3.8, 4) is 0 Å². The Bertz CT molecular complexity index is 547. The molecule has 3 rings (SSSR count). The van der Waals surface area contributed by atoms with Crippen molar-refractivity contribution in [2.24, 2.45) is 0 Å². The van der Waals surface area contributed by atoms with E-state index in [1.54, 1.807) is 24.3 Å². The quantitative estimate of drug-likeness (QED) is 0.750. The number of aliphatic hydroxyl groups is 1. The van der Waals surface area contributed by atoms with Crippen molar-refractivity contribution >= 4 is 23.6 Å². The minimum absolute atomic E-state index is 0.244. The van der Waals surface area contributed by atoms with E-state index < -0.39 is 16.9 Å². The molecular formula is C12H11NO4S. The molecule has 2 heterocycles. The van der Waals surface area contributed by atoms with Gasteiger partial charge in [0.15, 0.2) is 11.0 Å². The first kappa shape index (κ1) is 11.6. The molecule has 5 nitrogen and oxygen atoms in total. The zero-order chi connectivity index (χ0) is 12.9. The molecule has 0 aromatic heterocycles. The second-order valence-electron chi connectivity index (χ2n) is 4.20. The van der Waals surface area contributed by atoms with E-state index in [0.717, 1.165) is 0 Å². The molecule has 0 bridgehead atoms. The van der Waals surface area contributed by atoms with Crippen molar-refractivity contribution in [1.82, 2.24) is 4.90 Å². The smallest absolute Gasteiger partial charge is 0.324 e. The van der Waals surface area contributed by atoms with Gasteiger partial charge in [-0.25, -0.2) is 0 Å². The van der Waals surface area contributed by atoms with Gasteiger partial charge in [-0.05, 0) is 6.07 Å². The molecule has 6 heteroatoms. The van der Waals surface area contributed by atoms with Crippen LogP contribution in [0.25, 0.3) is 0 Å². The molecule has 0 radical (unpaired) electrons. The van der Waals surface area contributed by atoms with Crippen LogP contribution >= 0.6 is 11.8 Å². The summed E-state index contributed by atoms with van der Waals surface area (Å²) in [5, 5.41) is 10.0. The monoisotopic (exact) mass is 265 g/mol. The molecular weight excluding hydrogens is 254 g/mol. The van der Waals surface area contributed by atoms with Gasteiger partial charge in [0, 0.05) is 11.1 Å². The van der Waals surface area contributed by atoms with E-state index in [-0.39, 0.29) is 11.8 Å². The molecule has 2 aliphatic heterocycles. The second kappa shape index (κ2) is 3.73. The third-order valence-electron chi connectivity index (χ3n) is 3.36. The van der Waals surface area contributed by atoms with Crippen molar-refractivity contribution in [3.05, 3.63) is 35.4 Å². The molecule has 1 amide bonds. The first-order chi connectivity index (χ1) is 8.60. The highest BCUT2D eigenvalue weighted by atomic mass is 32.2. The number of amides is 1. The fraction of sp³-hybridized carbons (Fsp3) is 0.333. The Kier molecular flexibility index (Phi) is 2.39. The van der Waals surface area contributed by atoms with Crippen molar-refractivity contribution in [2.45, 2.75) is 11.0 Å². The number of methoxy groups -OCH3 is 1. The molecule has 94 valence electrons. The Labute approximate surface area is 108 Å². The number of carbonyl (C=O) groups excluding carboxylic acids is 2. The summed E-state index contributed by atoms with van der Waals surface area (Å²) in [5.74, 6) is -0.481. The standard InChI is InChI=1S/C12H11NO4S/c1-17-11(15)9-12(16)8-5-3-2-4-7(8)10(14)13(12)6-18-9/h2-5,9,16H,6H2,1H3/t9-,12-/m1/s1. The zero-order valence-corrected chi connectivity index (χ0v) is 10.4. The highest BCUT2D eigenvalue weighted by molar-refractivity contribution is 8.00. The van der Waals surface area contributed by atoms with Gasteiger partial charge in [0.1, 0.15) is 0 Å². The summed E-state index contributed by atoms with van der Waals surface area (Å²) in [6.07, 6.45) is 0. The van der Waals surface area contributed by atoms with Crippen molar-refractivity contribution in [2.75, 3.05) is 13.0 Å². The van der Waals surface area contributed by atoms with E-state index in [1.165, 1.54) is 23.8 Å². The van der Waals surface area contributed by atoms with Gasteiger partial charge in [-0.15, -0.1) is 11.8 Å². The number of thioether (sulfide) groups is 1. The summed E-state index contributed by atoms with van der Waals surface area (Å²) in [4.78, 5) is 25.2. The van der Waals surface area contributed by atoms with Crippen LogP contribution in [-0.4, -0.2) is 40.1 Å². The number of nitrogens with zero attached hydrogens (tertiary/aromatic N) is 1. The van der Waals surface area contributed by atoms with Gasteiger partial charge in [0.2, 0.25) is 0 Å². The molecule has 0 saturated carbocycles.